The fraction of sp³-hybridized carbons (Fsp3) is 0.920. The molecule has 0 atom stereocenters. The zero-order chi connectivity index (χ0) is 39.7. The molecule has 0 aliphatic rings. The average Bonchev–Trinajstić information content (AvgIpc) is 3.15. The number of allylic oxidation sites excluding steroid dienone is 4. The number of nitrogens with two attached hydrogens (primary N) is 1. The molecule has 0 aromatic heterocycles. The first kappa shape index (κ1) is 53.3. The normalized spacial score (nSPS) is 12.7. The van der Waals surface area contributed by atoms with E-state index >= 15 is 0 Å². The fourth-order valence-electron chi connectivity index (χ4n) is 7.67. The predicted molar refractivity (Wildman–Crippen MR) is 247 cm³/mol. The predicted octanol–water partition coefficient (Wildman–Crippen LogP) is 14.5. The Hall–Kier alpha value is -0.680. The summed E-state index contributed by atoms with van der Waals surface area (Å²) in [4.78, 5) is 2.89. The van der Waals surface area contributed by atoms with E-state index in [1.54, 1.807) is 0 Å². The zero-order valence-electron chi connectivity index (χ0n) is 38.2. The van der Waals surface area contributed by atoms with Gasteiger partial charge in [-0.2, -0.15) is 0 Å². The molecule has 4 nitrogen and oxygen atoms in total. The van der Waals surface area contributed by atoms with Crippen molar-refractivity contribution in [2.45, 2.75) is 246 Å². The van der Waals surface area contributed by atoms with Gasteiger partial charge in [0.25, 0.3) is 0 Å². The van der Waals surface area contributed by atoms with Crippen molar-refractivity contribution in [3.05, 3.63) is 24.3 Å². The third-order valence-corrected chi connectivity index (χ3v) is 12.4. The van der Waals surface area contributed by atoms with Gasteiger partial charge in [0.2, 0.25) is 0 Å². The van der Waals surface area contributed by atoms with Crippen LogP contribution in [0.4, 0.5) is 0 Å². The summed E-state index contributed by atoms with van der Waals surface area (Å²) in [5.74, 6) is 0. The van der Waals surface area contributed by atoms with Crippen LogP contribution in [-0.2, 0) is 0 Å². The van der Waals surface area contributed by atoms with Gasteiger partial charge in [-0.1, -0.05) is 168 Å². The Labute approximate surface area is 341 Å². The van der Waals surface area contributed by atoms with Crippen LogP contribution in [0.2, 0.25) is 0 Å². The van der Waals surface area contributed by atoms with E-state index in [1.807, 2.05) is 0 Å². The summed E-state index contributed by atoms with van der Waals surface area (Å²) >= 11 is 0. The van der Waals surface area contributed by atoms with Gasteiger partial charge in [0.1, 0.15) is 0 Å². The molecule has 0 saturated carbocycles. The maximum absolute atomic E-state index is 5.62. The minimum Gasteiger partial charge on any atom is -0.330 e. The van der Waals surface area contributed by atoms with Crippen LogP contribution in [0.3, 0.4) is 0 Å². The van der Waals surface area contributed by atoms with Crippen molar-refractivity contribution in [2.75, 3.05) is 45.8 Å². The minimum absolute atomic E-state index is 0.160. The standard InChI is InChI=1S/C50H102N4/c1-7-9-11-13-15-17-19-21-23-25-27-29-31-33-35-39-46-54(50(5,6)49(3,4)48-53-44-38-37-43-52-45-41-42-51)47-40-36-34-32-30-28-26-24-22-20-18-16-14-12-10-8-2/h21-24,52-53H,7-20,25-48,51H2,1-6H3/b23-21-,24-22-. The summed E-state index contributed by atoms with van der Waals surface area (Å²) in [5, 5.41) is 7.38. The molecule has 0 fully saturated rings. The molecule has 0 spiro atoms. The molecular weight excluding hydrogens is 657 g/mol. The van der Waals surface area contributed by atoms with Crippen molar-refractivity contribution in [3.8, 4) is 0 Å². The van der Waals surface area contributed by atoms with Crippen LogP contribution in [0.25, 0.3) is 0 Å². The Morgan fingerprint density at radius 3 is 1.13 bits per heavy atom. The van der Waals surface area contributed by atoms with E-state index < -0.39 is 0 Å². The van der Waals surface area contributed by atoms with Crippen LogP contribution in [0, 0.1) is 5.41 Å². The quantitative estimate of drug-likeness (QED) is 0.0428. The number of unbranched alkanes of at least 4 members (excludes halogenated alkanes) is 25. The Bertz CT molecular complexity index is 745. The Kier molecular flexibility index (Phi) is 40.0. The molecule has 0 radical (unpaired) electrons. The van der Waals surface area contributed by atoms with E-state index in [2.05, 4.69) is 81.4 Å². The van der Waals surface area contributed by atoms with Crippen molar-refractivity contribution < 1.29 is 0 Å². The molecule has 0 unspecified atom stereocenters. The van der Waals surface area contributed by atoms with Gasteiger partial charge in [0.05, 0.1) is 0 Å². The molecule has 4 N–H and O–H groups in total. The lowest BCUT2D eigenvalue weighted by molar-refractivity contribution is 0.00841. The molecule has 0 aromatic rings. The molecule has 0 bridgehead atoms. The molecule has 322 valence electrons. The maximum Gasteiger partial charge on any atom is 0.0216 e. The van der Waals surface area contributed by atoms with Crippen molar-refractivity contribution in [1.82, 2.24) is 15.5 Å². The van der Waals surface area contributed by atoms with E-state index in [-0.39, 0.29) is 11.0 Å². The van der Waals surface area contributed by atoms with Gasteiger partial charge < -0.3 is 16.4 Å². The summed E-state index contributed by atoms with van der Waals surface area (Å²) in [5.41, 5.74) is 5.99. The van der Waals surface area contributed by atoms with Crippen molar-refractivity contribution >= 4 is 0 Å². The zero-order valence-corrected chi connectivity index (χ0v) is 38.2. The lowest BCUT2D eigenvalue weighted by atomic mass is 9.73. The van der Waals surface area contributed by atoms with Crippen molar-refractivity contribution in [3.63, 3.8) is 0 Å². The van der Waals surface area contributed by atoms with Crippen LogP contribution in [0.5, 0.6) is 0 Å². The van der Waals surface area contributed by atoms with Crippen LogP contribution < -0.4 is 16.4 Å². The van der Waals surface area contributed by atoms with Crippen LogP contribution >= 0.6 is 0 Å². The topological polar surface area (TPSA) is 53.3 Å². The van der Waals surface area contributed by atoms with E-state index in [1.165, 1.54) is 206 Å². The number of hydrogen-bond donors (Lipinski definition) is 3. The Morgan fingerprint density at radius 2 is 0.741 bits per heavy atom. The maximum atomic E-state index is 5.62. The molecule has 0 aliphatic heterocycles. The Morgan fingerprint density at radius 1 is 0.407 bits per heavy atom. The van der Waals surface area contributed by atoms with Gasteiger partial charge in [-0.25, -0.2) is 0 Å². The number of nitrogens with zero attached hydrogens (tertiary/aromatic N) is 1. The summed E-state index contributed by atoms with van der Waals surface area (Å²) < 4.78 is 0. The van der Waals surface area contributed by atoms with E-state index in [0.717, 1.165) is 39.1 Å². The second-order valence-corrected chi connectivity index (χ2v) is 18.1. The van der Waals surface area contributed by atoms with Crippen LogP contribution in [0.1, 0.15) is 241 Å². The first-order valence-electron chi connectivity index (χ1n) is 24.5. The lowest BCUT2D eigenvalue weighted by Crippen LogP contribution is -2.57. The van der Waals surface area contributed by atoms with Gasteiger partial charge in [-0.15, -0.1) is 0 Å². The summed E-state index contributed by atoms with van der Waals surface area (Å²) in [7, 11) is 0. The largest absolute Gasteiger partial charge is 0.330 e. The van der Waals surface area contributed by atoms with Gasteiger partial charge in [0.15, 0.2) is 0 Å². The number of hydrogen-bond acceptors (Lipinski definition) is 4. The summed E-state index contributed by atoms with van der Waals surface area (Å²) in [6, 6.07) is 0. The van der Waals surface area contributed by atoms with Gasteiger partial charge >= 0.3 is 0 Å². The van der Waals surface area contributed by atoms with Crippen molar-refractivity contribution in [1.29, 1.82) is 0 Å². The monoisotopic (exact) mass is 759 g/mol. The third kappa shape index (κ3) is 33.5. The second-order valence-electron chi connectivity index (χ2n) is 18.1. The first-order chi connectivity index (χ1) is 26.3. The lowest BCUT2D eigenvalue weighted by Gasteiger charge is -2.50. The smallest absolute Gasteiger partial charge is 0.0216 e. The average molecular weight is 759 g/mol. The third-order valence-electron chi connectivity index (χ3n) is 12.4. The minimum atomic E-state index is 0.160. The molecule has 0 saturated heterocycles. The highest BCUT2D eigenvalue weighted by atomic mass is 15.2. The molecule has 0 amide bonds. The summed E-state index contributed by atoms with van der Waals surface area (Å²) in [6.45, 7) is 22.3. The number of nitrogens with one attached hydrogen (secondary N) is 2. The molecule has 4 heteroatoms. The fourth-order valence-corrected chi connectivity index (χ4v) is 7.67. The van der Waals surface area contributed by atoms with Crippen LogP contribution in [0.15, 0.2) is 24.3 Å². The molecular formula is C50H102N4. The first-order valence-corrected chi connectivity index (χ1v) is 24.5. The van der Waals surface area contributed by atoms with Gasteiger partial charge in [-0.3, -0.25) is 4.90 Å². The number of rotatable bonds is 44. The molecule has 0 rings (SSSR count). The Balaban J connectivity index is 4.51. The van der Waals surface area contributed by atoms with Crippen molar-refractivity contribution in [2.24, 2.45) is 11.1 Å². The van der Waals surface area contributed by atoms with Gasteiger partial charge in [-0.05, 0) is 142 Å². The van der Waals surface area contributed by atoms with Crippen LogP contribution in [-0.4, -0.2) is 56.3 Å². The van der Waals surface area contributed by atoms with E-state index in [9.17, 15) is 0 Å². The summed E-state index contributed by atoms with van der Waals surface area (Å²) in [6.07, 6.45) is 51.9. The highest BCUT2D eigenvalue weighted by Crippen LogP contribution is 2.36. The molecule has 0 heterocycles. The highest BCUT2D eigenvalue weighted by Gasteiger charge is 2.40. The van der Waals surface area contributed by atoms with E-state index in [4.69, 9.17) is 5.73 Å². The second kappa shape index (κ2) is 40.5. The van der Waals surface area contributed by atoms with E-state index in [0.29, 0.717) is 0 Å². The highest BCUT2D eigenvalue weighted by molar-refractivity contribution is 4.96. The molecule has 54 heavy (non-hydrogen) atoms. The molecule has 0 aromatic carbocycles. The van der Waals surface area contributed by atoms with Gasteiger partial charge in [0, 0.05) is 12.1 Å². The molecule has 0 aliphatic carbocycles. The SMILES string of the molecule is CCCCCCCC/C=C\CCCCCCCCN(CCCCCCCC/C=C\CCCCCCCC)C(C)(C)C(C)(C)CNCCCCNCCCN.